The van der Waals surface area contributed by atoms with Crippen molar-refractivity contribution in [3.05, 3.63) is 164 Å². The van der Waals surface area contributed by atoms with Gasteiger partial charge in [-0.3, -0.25) is 0 Å². The van der Waals surface area contributed by atoms with Crippen LogP contribution in [0, 0.1) is 55.4 Å². The average Bonchev–Trinajstić information content (AvgIpc) is 3.19. The van der Waals surface area contributed by atoms with E-state index in [9.17, 15) is 0 Å². The van der Waals surface area contributed by atoms with E-state index < -0.39 is 0 Å². The fourth-order valence-corrected chi connectivity index (χ4v) is 11.5. The van der Waals surface area contributed by atoms with Crippen LogP contribution in [0.1, 0.15) is 66.8 Å². The summed E-state index contributed by atoms with van der Waals surface area (Å²) >= 11 is 27.5. The Hall–Kier alpha value is -3.91. The smallest absolute Gasteiger partial charge is 0.122 e. The summed E-state index contributed by atoms with van der Waals surface area (Å²) in [7, 11) is 0. The van der Waals surface area contributed by atoms with Gasteiger partial charge >= 0.3 is 0 Å². The molecule has 0 fully saturated rings. The summed E-state index contributed by atoms with van der Waals surface area (Å²) in [5.41, 5.74) is 22.0. The van der Waals surface area contributed by atoms with Crippen LogP contribution in [-0.2, 0) is 23.5 Å². The number of halogens is 4. The molecular formula is C52H48B2Cl4. The van der Waals surface area contributed by atoms with Gasteiger partial charge < -0.3 is 0 Å². The molecule has 0 aliphatic carbocycles. The van der Waals surface area contributed by atoms with E-state index in [-0.39, 0.29) is 13.4 Å². The highest BCUT2D eigenvalue weighted by molar-refractivity contribution is 6.99. The van der Waals surface area contributed by atoms with Crippen LogP contribution in [-0.4, -0.2) is 13.4 Å². The summed E-state index contributed by atoms with van der Waals surface area (Å²) < 4.78 is 0. The van der Waals surface area contributed by atoms with Crippen molar-refractivity contribution in [2.24, 2.45) is 0 Å². The van der Waals surface area contributed by atoms with Gasteiger partial charge in [-0.05, 0) is 110 Å². The minimum absolute atomic E-state index is 0.0801. The molecule has 0 heterocycles. The molecule has 8 aromatic carbocycles. The first-order chi connectivity index (χ1) is 27.9. The Morgan fingerprint density at radius 1 is 0.345 bits per heavy atom. The third-order valence-corrected chi connectivity index (χ3v) is 13.7. The van der Waals surface area contributed by atoms with Gasteiger partial charge in [0.15, 0.2) is 0 Å². The summed E-state index contributed by atoms with van der Waals surface area (Å²) in [6.07, 6.45) is 0. The Morgan fingerprint density at radius 3 is 0.862 bits per heavy atom. The highest BCUT2D eigenvalue weighted by Gasteiger charge is 2.34. The molecule has 0 bridgehead atoms. The molecule has 0 atom stereocenters. The highest BCUT2D eigenvalue weighted by atomic mass is 35.5. The lowest BCUT2D eigenvalue weighted by Gasteiger charge is -2.28. The largest absolute Gasteiger partial charge is 0.243 e. The number of hydrogen-bond acceptors (Lipinski definition) is 0. The summed E-state index contributed by atoms with van der Waals surface area (Å²) in [6.45, 7) is 17.4. The standard InChI is InChI=1S/C52H48B2Cl4/c1-29-17-33(5)49(39(21-29)25-55)53(50-34(6)18-30(2)22-40(50)26-56)45-15-11-37-9-10-38-12-16-46(44-14-13-43(45)47(37)48(38)44)54(51-35(7)19-31(3)23-41(51)27-57)52-36(8)20-32(4)24-42(52)28-58/h9-24H,25-28H2,1-8H3. The van der Waals surface area contributed by atoms with Crippen LogP contribution in [0.2, 0.25) is 0 Å². The molecule has 6 heteroatoms. The lowest BCUT2D eigenvalue weighted by molar-refractivity contribution is 1.31. The van der Waals surface area contributed by atoms with E-state index >= 15 is 0 Å². The van der Waals surface area contributed by atoms with Crippen molar-refractivity contribution < 1.29 is 0 Å². The predicted molar refractivity (Wildman–Crippen MR) is 261 cm³/mol. The van der Waals surface area contributed by atoms with Crippen LogP contribution in [0.5, 0.6) is 0 Å². The van der Waals surface area contributed by atoms with Gasteiger partial charge in [-0.25, -0.2) is 0 Å². The predicted octanol–water partition coefficient (Wildman–Crippen LogP) is 11.0. The van der Waals surface area contributed by atoms with Crippen molar-refractivity contribution in [2.75, 3.05) is 0 Å². The maximum atomic E-state index is 6.86. The first-order valence-corrected chi connectivity index (χ1v) is 22.4. The molecule has 0 aromatic heterocycles. The molecule has 0 aliphatic heterocycles. The fraction of sp³-hybridized carbons (Fsp3) is 0.231. The van der Waals surface area contributed by atoms with Gasteiger partial charge in [0.05, 0.1) is 0 Å². The molecule has 0 spiro atoms. The minimum Gasteiger partial charge on any atom is -0.122 e. The normalized spacial score (nSPS) is 11.7. The van der Waals surface area contributed by atoms with Gasteiger partial charge in [0.25, 0.3) is 0 Å². The molecule has 0 radical (unpaired) electrons. The maximum Gasteiger partial charge on any atom is 0.243 e. The zero-order valence-corrected chi connectivity index (χ0v) is 37.8. The van der Waals surface area contributed by atoms with E-state index in [2.05, 4.69) is 152 Å². The van der Waals surface area contributed by atoms with Gasteiger partial charge in [0.1, 0.15) is 0 Å². The van der Waals surface area contributed by atoms with Gasteiger partial charge in [0.2, 0.25) is 13.4 Å². The second-order valence-electron chi connectivity index (χ2n) is 16.8. The quantitative estimate of drug-likeness (QED) is 0.0731. The third-order valence-electron chi connectivity index (χ3n) is 12.6. The number of hydrogen-bond donors (Lipinski definition) is 0. The van der Waals surface area contributed by atoms with E-state index in [0.29, 0.717) is 23.5 Å². The Morgan fingerprint density at radius 2 is 0.603 bits per heavy atom. The Balaban J connectivity index is 1.50. The van der Waals surface area contributed by atoms with Gasteiger partial charge in [-0.15, -0.1) is 46.4 Å². The maximum absolute atomic E-state index is 6.86. The monoisotopic (exact) mass is 834 g/mol. The number of alkyl halides is 4. The summed E-state index contributed by atoms with van der Waals surface area (Å²) in [5, 5.41) is 7.50. The molecule has 0 N–H and O–H groups in total. The Labute approximate surface area is 365 Å². The Bertz CT molecular complexity index is 2580. The van der Waals surface area contributed by atoms with Gasteiger partial charge in [0, 0.05) is 23.5 Å². The Kier molecular flexibility index (Phi) is 11.5. The third kappa shape index (κ3) is 6.93. The van der Waals surface area contributed by atoms with Gasteiger partial charge in [-0.2, -0.15) is 0 Å². The molecule has 58 heavy (non-hydrogen) atoms. The molecule has 0 unspecified atom stereocenters. The minimum atomic E-state index is -0.0801. The van der Waals surface area contributed by atoms with Crippen molar-refractivity contribution >= 4 is 125 Å². The molecule has 0 saturated carbocycles. The summed E-state index contributed by atoms with van der Waals surface area (Å²) in [4.78, 5) is 0. The fourth-order valence-electron chi connectivity index (χ4n) is 10.6. The van der Waals surface area contributed by atoms with Crippen molar-refractivity contribution in [3.8, 4) is 0 Å². The molecule has 0 saturated heterocycles. The van der Waals surface area contributed by atoms with Crippen LogP contribution in [0.4, 0.5) is 0 Å². The first kappa shape index (κ1) is 40.9. The molecule has 0 aliphatic rings. The van der Waals surface area contributed by atoms with E-state index in [1.54, 1.807) is 0 Å². The first-order valence-electron chi connectivity index (χ1n) is 20.2. The molecule has 0 nitrogen and oxygen atoms in total. The zero-order valence-electron chi connectivity index (χ0n) is 34.7. The molecular weight excluding hydrogens is 788 g/mol. The van der Waals surface area contributed by atoms with Crippen molar-refractivity contribution in [1.82, 2.24) is 0 Å². The lowest BCUT2D eigenvalue weighted by Crippen LogP contribution is -2.56. The summed E-state index contributed by atoms with van der Waals surface area (Å²) in [5.74, 6) is 1.71. The number of rotatable bonds is 10. The van der Waals surface area contributed by atoms with E-state index in [1.807, 2.05) is 0 Å². The second-order valence-corrected chi connectivity index (χ2v) is 17.8. The molecule has 8 rings (SSSR count). The SMILES string of the molecule is Cc1cc(C)c(B(c2c(C)cc(C)cc2CCl)c2ccc3ccc4ccc(B(c5c(C)cc(C)cc5CCl)c5c(C)cc(C)cc5CCl)c5ccc2c3c45)c(CCl)c1. The van der Waals surface area contributed by atoms with E-state index in [4.69, 9.17) is 46.4 Å². The van der Waals surface area contributed by atoms with E-state index in [1.165, 1.54) is 110 Å². The van der Waals surface area contributed by atoms with Crippen LogP contribution in [0.25, 0.3) is 32.3 Å². The van der Waals surface area contributed by atoms with Crippen LogP contribution >= 0.6 is 46.4 Å². The lowest BCUT2D eigenvalue weighted by atomic mass is 9.33. The van der Waals surface area contributed by atoms with Crippen LogP contribution in [0.3, 0.4) is 0 Å². The molecule has 8 aromatic rings. The van der Waals surface area contributed by atoms with Crippen LogP contribution < -0.4 is 32.8 Å². The van der Waals surface area contributed by atoms with Crippen LogP contribution in [0.15, 0.2) is 97.1 Å². The second kappa shape index (κ2) is 16.3. The van der Waals surface area contributed by atoms with Gasteiger partial charge in [-0.1, -0.05) is 174 Å². The average molecular weight is 836 g/mol. The summed E-state index contributed by atoms with van der Waals surface area (Å²) in [6, 6.07) is 37.0. The van der Waals surface area contributed by atoms with E-state index in [0.717, 1.165) is 22.3 Å². The highest BCUT2D eigenvalue weighted by Crippen LogP contribution is 2.34. The molecule has 0 amide bonds. The van der Waals surface area contributed by atoms with Crippen molar-refractivity contribution in [2.45, 2.75) is 78.9 Å². The number of benzene rings is 8. The zero-order chi connectivity index (χ0) is 41.2. The number of aryl methyl sites for hydroxylation is 8. The van der Waals surface area contributed by atoms with Crippen molar-refractivity contribution in [1.29, 1.82) is 0 Å². The van der Waals surface area contributed by atoms with Crippen molar-refractivity contribution in [3.63, 3.8) is 0 Å². The molecule has 290 valence electrons. The topological polar surface area (TPSA) is 0 Å².